The number of amides is 4. The molecule has 11 heteroatoms. The van der Waals surface area contributed by atoms with E-state index in [0.29, 0.717) is 49.0 Å². The molecule has 0 saturated carbocycles. The Labute approximate surface area is 266 Å². The Balaban J connectivity index is 1.03. The first-order valence-corrected chi connectivity index (χ1v) is 15.6. The fourth-order valence-electron chi connectivity index (χ4n) is 6.33. The molecular weight excluding hydrogens is 584 g/mol. The molecule has 0 radical (unpaired) electrons. The molecule has 4 aromatic rings. The normalized spacial score (nSPS) is 16.7. The number of unbranched alkanes of at least 4 members (excludes halogenated alkanes) is 2. The third kappa shape index (κ3) is 6.26. The number of rotatable bonds is 11. The number of aromatic hydroxyl groups is 1. The van der Waals surface area contributed by atoms with Crippen molar-refractivity contribution >= 4 is 40.2 Å². The lowest BCUT2D eigenvalue weighted by Crippen LogP contribution is -2.52. The fourth-order valence-corrected chi connectivity index (χ4v) is 6.33. The Bertz CT molecular complexity index is 1810. The molecule has 0 spiro atoms. The van der Waals surface area contributed by atoms with Gasteiger partial charge < -0.3 is 20.6 Å². The van der Waals surface area contributed by atoms with E-state index in [4.69, 9.17) is 0 Å². The van der Waals surface area contributed by atoms with Gasteiger partial charge in [0.05, 0.1) is 6.04 Å². The number of imide groups is 1. The van der Waals surface area contributed by atoms with Crippen LogP contribution in [0.4, 0.5) is 5.69 Å². The first kappa shape index (κ1) is 30.7. The van der Waals surface area contributed by atoms with Gasteiger partial charge in [-0.05, 0) is 67.6 Å². The zero-order chi connectivity index (χ0) is 32.2. The zero-order valence-electron chi connectivity index (χ0n) is 25.6. The van der Waals surface area contributed by atoms with Crippen molar-refractivity contribution in [2.45, 2.75) is 64.1 Å². The van der Waals surface area contributed by atoms with Crippen molar-refractivity contribution in [2.75, 3.05) is 11.9 Å². The monoisotopic (exact) mass is 620 g/mol. The Morgan fingerprint density at radius 3 is 2.74 bits per heavy atom. The van der Waals surface area contributed by atoms with Crippen LogP contribution in [0, 0.1) is 6.92 Å². The molecule has 2 unspecified atom stereocenters. The molecule has 4 heterocycles. The van der Waals surface area contributed by atoms with Gasteiger partial charge in [-0.1, -0.05) is 24.6 Å². The second kappa shape index (κ2) is 13.4. The summed E-state index contributed by atoms with van der Waals surface area (Å²) in [5.41, 5.74) is 5.03. The standard InChI is InChI=1S/C35H36N6O5/c1-21-18-25(33(44)32-23(21)10-7-17-38-32)31(22-8-6-15-36-19-22)39-29(42)12-3-2-4-16-37-27-11-5-9-24-26(27)20-41(35(24)46)28-13-14-30(43)40-34(28)45/h5-11,15,17-19,28,31,37,44H,2-4,12-14,16,20H2,1H3,(H,39,42)(H,40,43,45). The highest BCUT2D eigenvalue weighted by molar-refractivity contribution is 6.06. The maximum absolute atomic E-state index is 13.1. The number of nitrogens with one attached hydrogen (secondary N) is 3. The Morgan fingerprint density at radius 2 is 1.93 bits per heavy atom. The maximum Gasteiger partial charge on any atom is 0.255 e. The summed E-state index contributed by atoms with van der Waals surface area (Å²) in [6.45, 7) is 2.92. The number of carbonyl (C=O) groups is 4. The van der Waals surface area contributed by atoms with E-state index in [1.54, 1.807) is 35.6 Å². The van der Waals surface area contributed by atoms with Crippen LogP contribution in [0.15, 0.2) is 67.1 Å². The molecule has 1 fully saturated rings. The Morgan fingerprint density at radius 1 is 1.09 bits per heavy atom. The van der Waals surface area contributed by atoms with Gasteiger partial charge in [0.25, 0.3) is 5.91 Å². The van der Waals surface area contributed by atoms with Crippen LogP contribution in [0.3, 0.4) is 0 Å². The van der Waals surface area contributed by atoms with Crippen LogP contribution >= 0.6 is 0 Å². The minimum Gasteiger partial charge on any atom is -0.505 e. The summed E-state index contributed by atoms with van der Waals surface area (Å²) < 4.78 is 0. The number of benzene rings is 2. The van der Waals surface area contributed by atoms with Crippen molar-refractivity contribution in [1.82, 2.24) is 25.5 Å². The van der Waals surface area contributed by atoms with Crippen molar-refractivity contribution in [3.05, 3.63) is 94.9 Å². The maximum atomic E-state index is 13.1. The third-order valence-corrected chi connectivity index (χ3v) is 8.71. The molecule has 2 aromatic heterocycles. The van der Waals surface area contributed by atoms with Gasteiger partial charge in [0, 0.05) is 72.3 Å². The second-order valence-electron chi connectivity index (χ2n) is 11.8. The van der Waals surface area contributed by atoms with E-state index in [2.05, 4.69) is 25.9 Å². The largest absolute Gasteiger partial charge is 0.505 e. The molecule has 4 amide bonds. The second-order valence-corrected chi connectivity index (χ2v) is 11.8. The van der Waals surface area contributed by atoms with Crippen molar-refractivity contribution in [1.29, 1.82) is 0 Å². The Hall–Kier alpha value is -5.32. The molecule has 2 atom stereocenters. The van der Waals surface area contributed by atoms with Crippen LogP contribution in [-0.4, -0.2) is 56.2 Å². The predicted octanol–water partition coefficient (Wildman–Crippen LogP) is 4.28. The molecular formula is C35H36N6O5. The number of piperidine rings is 1. The van der Waals surface area contributed by atoms with Gasteiger partial charge in [0.2, 0.25) is 17.7 Å². The highest BCUT2D eigenvalue weighted by Gasteiger charge is 2.39. The van der Waals surface area contributed by atoms with Gasteiger partial charge in [0.1, 0.15) is 17.3 Å². The van der Waals surface area contributed by atoms with Gasteiger partial charge in [-0.3, -0.25) is 34.5 Å². The smallest absolute Gasteiger partial charge is 0.255 e. The van der Waals surface area contributed by atoms with Crippen molar-refractivity contribution < 1.29 is 24.3 Å². The van der Waals surface area contributed by atoms with Crippen LogP contribution in [0.1, 0.15) is 77.2 Å². The summed E-state index contributed by atoms with van der Waals surface area (Å²) in [6, 6.07) is 13.6. The van der Waals surface area contributed by atoms with E-state index < -0.39 is 18.0 Å². The number of fused-ring (bicyclic) bond motifs is 2. The summed E-state index contributed by atoms with van der Waals surface area (Å²) >= 11 is 0. The van der Waals surface area contributed by atoms with Gasteiger partial charge in [0.15, 0.2) is 0 Å². The minimum absolute atomic E-state index is 0.0377. The number of carbonyl (C=O) groups excluding carboxylic acids is 4. The lowest BCUT2D eigenvalue weighted by Gasteiger charge is -2.29. The average Bonchev–Trinajstić information content (AvgIpc) is 3.40. The van der Waals surface area contributed by atoms with Gasteiger partial charge in [-0.15, -0.1) is 0 Å². The molecule has 1 saturated heterocycles. The highest BCUT2D eigenvalue weighted by atomic mass is 16.3. The van der Waals surface area contributed by atoms with E-state index in [9.17, 15) is 24.3 Å². The average molecular weight is 621 g/mol. The molecule has 6 rings (SSSR count). The molecule has 2 aromatic carbocycles. The Kier molecular flexibility index (Phi) is 8.91. The number of phenols is 1. The van der Waals surface area contributed by atoms with Crippen LogP contribution in [0.2, 0.25) is 0 Å². The molecule has 4 N–H and O–H groups in total. The summed E-state index contributed by atoms with van der Waals surface area (Å²) in [7, 11) is 0. The first-order chi connectivity index (χ1) is 22.3. The number of hydrogen-bond acceptors (Lipinski definition) is 8. The number of pyridine rings is 2. The quantitative estimate of drug-likeness (QED) is 0.143. The summed E-state index contributed by atoms with van der Waals surface area (Å²) in [4.78, 5) is 60.3. The van der Waals surface area contributed by atoms with Crippen LogP contribution in [0.5, 0.6) is 5.75 Å². The van der Waals surface area contributed by atoms with E-state index in [1.165, 1.54) is 0 Å². The predicted molar refractivity (Wildman–Crippen MR) is 172 cm³/mol. The van der Waals surface area contributed by atoms with Crippen LogP contribution in [-0.2, 0) is 20.9 Å². The van der Waals surface area contributed by atoms with Gasteiger partial charge in [-0.2, -0.15) is 0 Å². The molecule has 46 heavy (non-hydrogen) atoms. The lowest BCUT2D eigenvalue weighted by atomic mass is 9.94. The number of aryl methyl sites for hydroxylation is 1. The van der Waals surface area contributed by atoms with Crippen LogP contribution < -0.4 is 16.0 Å². The van der Waals surface area contributed by atoms with E-state index >= 15 is 0 Å². The molecule has 2 aliphatic heterocycles. The third-order valence-electron chi connectivity index (χ3n) is 8.71. The zero-order valence-corrected chi connectivity index (χ0v) is 25.6. The number of anilines is 1. The van der Waals surface area contributed by atoms with E-state index in [1.807, 2.05) is 43.3 Å². The van der Waals surface area contributed by atoms with Gasteiger partial charge in [-0.25, -0.2) is 0 Å². The lowest BCUT2D eigenvalue weighted by molar-refractivity contribution is -0.137. The molecule has 236 valence electrons. The molecule has 0 bridgehead atoms. The minimum atomic E-state index is -0.653. The molecule has 11 nitrogen and oxygen atoms in total. The van der Waals surface area contributed by atoms with Crippen molar-refractivity contribution in [3.8, 4) is 5.75 Å². The number of aromatic nitrogens is 2. The molecule has 0 aliphatic carbocycles. The number of hydrogen-bond donors (Lipinski definition) is 4. The summed E-state index contributed by atoms with van der Waals surface area (Å²) in [5, 5.41) is 20.9. The number of phenolic OH excluding ortho intramolecular Hbond substituents is 1. The summed E-state index contributed by atoms with van der Waals surface area (Å²) in [6.07, 6.45) is 8.13. The summed E-state index contributed by atoms with van der Waals surface area (Å²) in [5.74, 6) is -1.03. The highest BCUT2D eigenvalue weighted by Crippen LogP contribution is 2.36. The van der Waals surface area contributed by atoms with Gasteiger partial charge >= 0.3 is 0 Å². The SMILES string of the molecule is Cc1cc(C(NC(=O)CCCCCNc2cccc3c2CN(C2CCC(=O)NC2=O)C3=O)c2cccnc2)c(O)c2ncccc12. The van der Waals surface area contributed by atoms with Crippen molar-refractivity contribution in [3.63, 3.8) is 0 Å². The van der Waals surface area contributed by atoms with E-state index in [-0.39, 0.29) is 29.9 Å². The molecule has 2 aliphatic rings. The van der Waals surface area contributed by atoms with Crippen molar-refractivity contribution in [2.24, 2.45) is 0 Å². The fraction of sp³-hybridized carbons (Fsp3) is 0.314. The number of nitrogens with zero attached hydrogens (tertiary/aromatic N) is 3. The van der Waals surface area contributed by atoms with Crippen LogP contribution in [0.25, 0.3) is 10.9 Å². The van der Waals surface area contributed by atoms with E-state index in [0.717, 1.165) is 40.6 Å². The topological polar surface area (TPSA) is 154 Å². The first-order valence-electron chi connectivity index (χ1n) is 15.6.